The lowest BCUT2D eigenvalue weighted by Gasteiger charge is -2.36. The van der Waals surface area contributed by atoms with E-state index in [0.717, 1.165) is 17.7 Å². The Hall–Kier alpha value is -3.11. The summed E-state index contributed by atoms with van der Waals surface area (Å²) >= 11 is 0. The highest BCUT2D eigenvalue weighted by Gasteiger charge is 2.31. The molecule has 2 heterocycles. The zero-order chi connectivity index (χ0) is 22.6. The molecule has 168 valence electrons. The Morgan fingerprint density at radius 1 is 1.26 bits per heavy atom. The molecule has 1 fully saturated rings. The van der Waals surface area contributed by atoms with Gasteiger partial charge < -0.3 is 25.7 Å². The van der Waals surface area contributed by atoms with Crippen molar-refractivity contribution in [2.45, 2.75) is 45.6 Å². The number of hydrogen-bond acceptors (Lipinski definition) is 7. The molecule has 3 rings (SSSR count). The van der Waals surface area contributed by atoms with Crippen LogP contribution in [0.15, 0.2) is 30.5 Å². The number of nitrogens with two attached hydrogens (primary N) is 2. The summed E-state index contributed by atoms with van der Waals surface area (Å²) in [5.41, 5.74) is 12.4. The third kappa shape index (κ3) is 5.96. The zero-order valence-corrected chi connectivity index (χ0v) is 18.0. The molecule has 31 heavy (non-hydrogen) atoms. The lowest BCUT2D eigenvalue weighted by Crippen LogP contribution is -2.50. The van der Waals surface area contributed by atoms with Crippen LogP contribution in [0.25, 0.3) is 5.69 Å². The number of hydrogen-bond donors (Lipinski definition) is 2. The monoisotopic (exact) mass is 431 g/mol. The summed E-state index contributed by atoms with van der Waals surface area (Å²) in [6.07, 6.45) is 1.41. The van der Waals surface area contributed by atoms with Crippen LogP contribution in [0.3, 0.4) is 0 Å². The van der Waals surface area contributed by atoms with Gasteiger partial charge in [-0.2, -0.15) is 5.10 Å². The zero-order valence-electron chi connectivity index (χ0n) is 18.0. The van der Waals surface area contributed by atoms with Gasteiger partial charge in [0, 0.05) is 6.54 Å². The van der Waals surface area contributed by atoms with Gasteiger partial charge in [0.25, 0.3) is 5.91 Å². The van der Waals surface area contributed by atoms with Crippen molar-refractivity contribution < 1.29 is 23.8 Å². The van der Waals surface area contributed by atoms with Crippen LogP contribution in [-0.2, 0) is 20.8 Å². The molecule has 1 unspecified atom stereocenters. The van der Waals surface area contributed by atoms with Crippen LogP contribution in [0.1, 0.15) is 43.2 Å². The highest BCUT2D eigenvalue weighted by atomic mass is 16.6. The second-order valence-electron chi connectivity index (χ2n) is 8.28. The average Bonchev–Trinajstić information content (AvgIpc) is 3.09. The molecule has 0 bridgehead atoms. The molecular weight excluding hydrogens is 402 g/mol. The molecule has 10 heteroatoms. The molecule has 4 N–H and O–H groups in total. The van der Waals surface area contributed by atoms with E-state index in [-0.39, 0.29) is 18.0 Å². The summed E-state index contributed by atoms with van der Waals surface area (Å²) in [5, 5.41) is 4.10. The van der Waals surface area contributed by atoms with Gasteiger partial charge in [0.15, 0.2) is 11.9 Å². The van der Waals surface area contributed by atoms with Gasteiger partial charge in [-0.25, -0.2) is 9.48 Å². The van der Waals surface area contributed by atoms with E-state index in [9.17, 15) is 9.59 Å². The topological polar surface area (TPSA) is 135 Å². The van der Waals surface area contributed by atoms with Crippen molar-refractivity contribution in [3.8, 4) is 5.69 Å². The maximum Gasteiger partial charge on any atom is 0.412 e. The molecule has 1 aliphatic rings. The van der Waals surface area contributed by atoms with Gasteiger partial charge in [-0.15, -0.1) is 0 Å². The Kier molecular flexibility index (Phi) is 6.81. The lowest BCUT2D eigenvalue weighted by molar-refractivity contribution is -0.128. The molecule has 0 radical (unpaired) electrons. The van der Waals surface area contributed by atoms with Crippen molar-refractivity contribution in [3.05, 3.63) is 41.7 Å². The maximum absolute atomic E-state index is 12.4. The predicted octanol–water partition coefficient (Wildman–Crippen LogP) is 2.05. The van der Waals surface area contributed by atoms with Gasteiger partial charge in [-0.05, 0) is 44.9 Å². The lowest BCUT2D eigenvalue weighted by atomic mass is 10.2. The SMILES string of the molecule is CC(C)(C)OC(=O)N1CCCOC1COCc1ccc(-n2cc(N)c(C(N)=O)n2)cc1. The molecule has 1 aliphatic heterocycles. The first-order valence-corrected chi connectivity index (χ1v) is 10.1. The Morgan fingerprint density at radius 2 is 1.97 bits per heavy atom. The van der Waals surface area contributed by atoms with Gasteiger partial charge in [0.1, 0.15) is 5.60 Å². The van der Waals surface area contributed by atoms with Crippen LogP contribution in [0.4, 0.5) is 10.5 Å². The normalized spacial score (nSPS) is 16.9. The smallest absolute Gasteiger partial charge is 0.412 e. The van der Waals surface area contributed by atoms with Crippen molar-refractivity contribution in [1.29, 1.82) is 0 Å². The molecule has 0 saturated carbocycles. The molecule has 10 nitrogen and oxygen atoms in total. The second kappa shape index (κ2) is 9.36. The highest BCUT2D eigenvalue weighted by Crippen LogP contribution is 2.18. The summed E-state index contributed by atoms with van der Waals surface area (Å²) in [4.78, 5) is 25.3. The van der Waals surface area contributed by atoms with Crippen molar-refractivity contribution in [2.24, 2.45) is 5.73 Å². The number of aromatic nitrogens is 2. The first kappa shape index (κ1) is 22.6. The van der Waals surface area contributed by atoms with Gasteiger partial charge >= 0.3 is 6.09 Å². The van der Waals surface area contributed by atoms with E-state index in [1.54, 1.807) is 4.90 Å². The van der Waals surface area contributed by atoms with E-state index in [4.69, 9.17) is 25.7 Å². The molecule has 1 aromatic heterocycles. The fraction of sp³-hybridized carbons (Fsp3) is 0.476. The number of nitrogens with zero attached hydrogens (tertiary/aromatic N) is 3. The predicted molar refractivity (Wildman–Crippen MR) is 113 cm³/mol. The number of rotatable bonds is 6. The quantitative estimate of drug-likeness (QED) is 0.714. The Balaban J connectivity index is 1.55. The Morgan fingerprint density at radius 3 is 2.58 bits per heavy atom. The first-order chi connectivity index (χ1) is 14.6. The standard InChI is InChI=1S/C21H29N5O5/c1-21(2,3)31-20(28)25-9-4-10-30-17(25)13-29-12-14-5-7-15(8-6-14)26-11-16(22)18(24-26)19(23)27/h5-8,11,17H,4,9-10,12-13,22H2,1-3H3,(H2,23,27). The van der Waals surface area contributed by atoms with Gasteiger partial charge in [0.2, 0.25) is 0 Å². The van der Waals surface area contributed by atoms with E-state index in [0.29, 0.717) is 19.8 Å². The molecule has 2 aromatic rings. The molecule has 1 atom stereocenters. The van der Waals surface area contributed by atoms with E-state index in [1.807, 2.05) is 45.0 Å². The first-order valence-electron chi connectivity index (χ1n) is 10.1. The number of benzene rings is 1. The van der Waals surface area contributed by atoms with E-state index < -0.39 is 23.8 Å². The largest absolute Gasteiger partial charge is 0.444 e. The van der Waals surface area contributed by atoms with Crippen molar-refractivity contribution in [3.63, 3.8) is 0 Å². The maximum atomic E-state index is 12.4. The van der Waals surface area contributed by atoms with Crippen LogP contribution in [0.5, 0.6) is 0 Å². The van der Waals surface area contributed by atoms with Crippen LogP contribution >= 0.6 is 0 Å². The fourth-order valence-electron chi connectivity index (χ4n) is 3.09. The molecule has 1 saturated heterocycles. The second-order valence-corrected chi connectivity index (χ2v) is 8.28. The summed E-state index contributed by atoms with van der Waals surface area (Å²) in [7, 11) is 0. The molecule has 0 aliphatic carbocycles. The van der Waals surface area contributed by atoms with Crippen molar-refractivity contribution in [1.82, 2.24) is 14.7 Å². The van der Waals surface area contributed by atoms with Crippen LogP contribution in [0, 0.1) is 0 Å². The molecule has 0 spiro atoms. The van der Waals surface area contributed by atoms with Crippen molar-refractivity contribution >= 4 is 17.7 Å². The molecule has 1 aromatic carbocycles. The number of primary amides is 1. The molecular formula is C21H29N5O5. The minimum Gasteiger partial charge on any atom is -0.444 e. The number of carbonyl (C=O) groups is 2. The van der Waals surface area contributed by atoms with E-state index >= 15 is 0 Å². The van der Waals surface area contributed by atoms with Gasteiger partial charge in [0.05, 0.1) is 37.4 Å². The number of carbonyl (C=O) groups excluding carboxylic acids is 2. The summed E-state index contributed by atoms with van der Waals surface area (Å²) in [6, 6.07) is 7.43. The highest BCUT2D eigenvalue weighted by molar-refractivity contribution is 5.95. The third-order valence-electron chi connectivity index (χ3n) is 4.54. The van der Waals surface area contributed by atoms with Gasteiger partial charge in [-0.1, -0.05) is 12.1 Å². The van der Waals surface area contributed by atoms with Crippen LogP contribution in [0.2, 0.25) is 0 Å². The number of amides is 2. The summed E-state index contributed by atoms with van der Waals surface area (Å²) in [6.45, 7) is 7.21. The summed E-state index contributed by atoms with van der Waals surface area (Å²) < 4.78 is 18.5. The van der Waals surface area contributed by atoms with E-state index in [1.165, 1.54) is 10.9 Å². The molecule has 2 amide bonds. The number of anilines is 1. The van der Waals surface area contributed by atoms with Gasteiger partial charge in [-0.3, -0.25) is 9.69 Å². The Bertz CT molecular complexity index is 919. The minimum absolute atomic E-state index is 0.0365. The Labute approximate surface area is 181 Å². The van der Waals surface area contributed by atoms with Crippen LogP contribution < -0.4 is 11.5 Å². The van der Waals surface area contributed by atoms with Crippen LogP contribution in [-0.4, -0.2) is 58.3 Å². The number of nitrogen functional groups attached to an aromatic ring is 1. The third-order valence-corrected chi connectivity index (χ3v) is 4.54. The average molecular weight is 431 g/mol. The fourth-order valence-corrected chi connectivity index (χ4v) is 3.09. The minimum atomic E-state index is -0.674. The van der Waals surface area contributed by atoms with E-state index in [2.05, 4.69) is 5.10 Å². The van der Waals surface area contributed by atoms with Crippen molar-refractivity contribution in [2.75, 3.05) is 25.5 Å². The number of ether oxygens (including phenoxy) is 3. The summed E-state index contributed by atoms with van der Waals surface area (Å²) in [5.74, 6) is -0.674.